The van der Waals surface area contributed by atoms with Gasteiger partial charge in [0.1, 0.15) is 5.75 Å². The lowest BCUT2D eigenvalue weighted by molar-refractivity contribution is 0.300. The summed E-state index contributed by atoms with van der Waals surface area (Å²) in [7, 11) is 0. The van der Waals surface area contributed by atoms with E-state index < -0.39 is 0 Å². The smallest absolute Gasteiger partial charge is 0.137 e. The molecule has 2 rings (SSSR count). The van der Waals surface area contributed by atoms with E-state index in [4.69, 9.17) is 22.1 Å². The van der Waals surface area contributed by atoms with Crippen molar-refractivity contribution in [3.63, 3.8) is 0 Å². The number of hydrogen-bond donors (Lipinski definition) is 1. The summed E-state index contributed by atoms with van der Waals surface area (Å²) in [5, 5.41) is 0.700. The van der Waals surface area contributed by atoms with E-state index >= 15 is 0 Å². The Kier molecular flexibility index (Phi) is 4.30. The second-order valence-corrected chi connectivity index (χ2v) is 5.30. The Morgan fingerprint density at radius 2 is 2.24 bits per heavy atom. The lowest BCUT2D eigenvalue weighted by Crippen LogP contribution is -2.21. The summed E-state index contributed by atoms with van der Waals surface area (Å²) in [6.45, 7) is 2.90. The second-order valence-electron chi connectivity index (χ2n) is 4.89. The van der Waals surface area contributed by atoms with Crippen LogP contribution in [0.4, 0.5) is 0 Å². The highest BCUT2D eigenvalue weighted by molar-refractivity contribution is 6.32. The van der Waals surface area contributed by atoms with Crippen LogP contribution < -0.4 is 10.5 Å². The molecule has 2 N–H and O–H groups in total. The van der Waals surface area contributed by atoms with Gasteiger partial charge in [0.05, 0.1) is 11.6 Å². The number of rotatable bonds is 6. The summed E-state index contributed by atoms with van der Waals surface area (Å²) in [6, 6.07) is 6.20. The Morgan fingerprint density at radius 3 is 2.82 bits per heavy atom. The normalized spacial score (nSPS) is 16.9. The predicted octanol–water partition coefficient (Wildman–Crippen LogP) is 3.41. The highest BCUT2D eigenvalue weighted by atomic mass is 35.5. The topological polar surface area (TPSA) is 35.2 Å². The van der Waals surface area contributed by atoms with Gasteiger partial charge in [-0.15, -0.1) is 0 Å². The van der Waals surface area contributed by atoms with Crippen molar-refractivity contribution >= 4 is 11.6 Å². The lowest BCUT2D eigenvalue weighted by Gasteiger charge is -2.11. The zero-order valence-corrected chi connectivity index (χ0v) is 11.0. The zero-order valence-electron chi connectivity index (χ0n) is 10.3. The molecule has 1 unspecified atom stereocenters. The molecule has 0 bridgehead atoms. The Labute approximate surface area is 108 Å². The number of benzene rings is 1. The summed E-state index contributed by atoms with van der Waals surface area (Å²) in [5.74, 6) is 1.55. The average Bonchev–Trinajstić information content (AvgIpc) is 3.12. The van der Waals surface area contributed by atoms with Crippen LogP contribution in [0, 0.1) is 5.92 Å². The van der Waals surface area contributed by atoms with Crippen LogP contribution in [0.1, 0.15) is 31.7 Å². The van der Waals surface area contributed by atoms with Gasteiger partial charge < -0.3 is 10.5 Å². The molecule has 1 aliphatic rings. The third kappa shape index (κ3) is 3.90. The molecule has 17 heavy (non-hydrogen) atoms. The van der Waals surface area contributed by atoms with Crippen molar-refractivity contribution in [2.45, 2.75) is 38.6 Å². The molecule has 0 radical (unpaired) electrons. The van der Waals surface area contributed by atoms with E-state index in [0.29, 0.717) is 5.02 Å². The largest absolute Gasteiger partial charge is 0.492 e. The summed E-state index contributed by atoms with van der Waals surface area (Å²) in [6.07, 6.45) is 4.44. The molecule has 3 heteroatoms. The van der Waals surface area contributed by atoms with E-state index in [1.54, 1.807) is 0 Å². The number of halogens is 1. The van der Waals surface area contributed by atoms with Crippen molar-refractivity contribution in [3.05, 3.63) is 28.8 Å². The van der Waals surface area contributed by atoms with E-state index in [1.165, 1.54) is 18.4 Å². The summed E-state index contributed by atoms with van der Waals surface area (Å²) in [5.41, 5.74) is 7.11. The molecule has 0 aromatic heterocycles. The first-order chi connectivity index (χ1) is 8.19. The molecule has 0 amide bonds. The van der Waals surface area contributed by atoms with E-state index in [0.717, 1.165) is 31.1 Å². The Morgan fingerprint density at radius 1 is 1.47 bits per heavy atom. The maximum absolute atomic E-state index is 6.19. The van der Waals surface area contributed by atoms with Crippen molar-refractivity contribution in [2.75, 3.05) is 6.61 Å². The quantitative estimate of drug-likeness (QED) is 0.843. The minimum Gasteiger partial charge on any atom is -0.492 e. The van der Waals surface area contributed by atoms with Crippen molar-refractivity contribution in [1.29, 1.82) is 0 Å². The van der Waals surface area contributed by atoms with Gasteiger partial charge in [0, 0.05) is 6.04 Å². The Hall–Kier alpha value is -0.730. The molecule has 1 fully saturated rings. The molecule has 1 atom stereocenters. The van der Waals surface area contributed by atoms with Crippen LogP contribution >= 0.6 is 11.6 Å². The number of hydrogen-bond acceptors (Lipinski definition) is 2. The van der Waals surface area contributed by atoms with Crippen LogP contribution in [-0.2, 0) is 6.42 Å². The Balaban J connectivity index is 1.94. The number of ether oxygens (including phenoxy) is 1. The fraction of sp³-hybridized carbons (Fsp3) is 0.571. The molecule has 1 aromatic rings. The molecule has 1 saturated carbocycles. The summed E-state index contributed by atoms with van der Waals surface area (Å²) < 4.78 is 5.68. The van der Waals surface area contributed by atoms with E-state index in [9.17, 15) is 0 Å². The van der Waals surface area contributed by atoms with Gasteiger partial charge in [0.2, 0.25) is 0 Å². The molecule has 2 nitrogen and oxygen atoms in total. The summed E-state index contributed by atoms with van der Waals surface area (Å²) >= 11 is 6.19. The van der Waals surface area contributed by atoms with Crippen LogP contribution in [0.25, 0.3) is 0 Å². The van der Waals surface area contributed by atoms with Crippen molar-refractivity contribution in [2.24, 2.45) is 11.7 Å². The van der Waals surface area contributed by atoms with Crippen molar-refractivity contribution < 1.29 is 4.74 Å². The molecule has 0 spiro atoms. The SMILES string of the molecule is CCC(N)Cc1ccc(OCC2CC2)c(Cl)c1. The maximum atomic E-state index is 6.19. The zero-order chi connectivity index (χ0) is 12.3. The standard InChI is InChI=1S/C14H20ClNO/c1-2-12(16)7-11-5-6-14(13(15)8-11)17-9-10-3-4-10/h5-6,8,10,12H,2-4,7,9,16H2,1H3. The molecule has 0 heterocycles. The molecular formula is C14H20ClNO. The van der Waals surface area contributed by atoms with Crippen LogP contribution in [0.3, 0.4) is 0 Å². The van der Waals surface area contributed by atoms with Crippen molar-refractivity contribution in [1.82, 2.24) is 0 Å². The van der Waals surface area contributed by atoms with Gasteiger partial charge >= 0.3 is 0 Å². The van der Waals surface area contributed by atoms with Crippen LogP contribution in [0.15, 0.2) is 18.2 Å². The number of nitrogens with two attached hydrogens (primary N) is 1. The van der Waals surface area contributed by atoms with Gasteiger partial charge in [-0.2, -0.15) is 0 Å². The molecule has 0 aliphatic heterocycles. The lowest BCUT2D eigenvalue weighted by atomic mass is 10.0. The highest BCUT2D eigenvalue weighted by Crippen LogP contribution is 2.32. The fourth-order valence-corrected chi connectivity index (χ4v) is 1.99. The van der Waals surface area contributed by atoms with Crippen LogP contribution in [0.5, 0.6) is 5.75 Å². The van der Waals surface area contributed by atoms with Gasteiger partial charge in [0.15, 0.2) is 0 Å². The minimum absolute atomic E-state index is 0.212. The molecule has 1 aromatic carbocycles. The maximum Gasteiger partial charge on any atom is 0.137 e. The first-order valence-corrected chi connectivity index (χ1v) is 6.73. The van der Waals surface area contributed by atoms with E-state index in [-0.39, 0.29) is 6.04 Å². The van der Waals surface area contributed by atoms with Gasteiger partial charge in [-0.1, -0.05) is 24.6 Å². The first kappa shape index (κ1) is 12.7. The van der Waals surface area contributed by atoms with Crippen molar-refractivity contribution in [3.8, 4) is 5.75 Å². The van der Waals surface area contributed by atoms with E-state index in [1.807, 2.05) is 12.1 Å². The van der Waals surface area contributed by atoms with Crippen LogP contribution in [0.2, 0.25) is 5.02 Å². The predicted molar refractivity (Wildman–Crippen MR) is 71.6 cm³/mol. The summed E-state index contributed by atoms with van der Waals surface area (Å²) in [4.78, 5) is 0. The molecule has 1 aliphatic carbocycles. The Bertz CT molecular complexity index is 376. The first-order valence-electron chi connectivity index (χ1n) is 6.36. The van der Waals surface area contributed by atoms with Crippen LogP contribution in [-0.4, -0.2) is 12.6 Å². The molecule has 94 valence electrons. The molecular weight excluding hydrogens is 234 g/mol. The third-order valence-corrected chi connectivity index (χ3v) is 3.49. The van der Waals surface area contributed by atoms with Gasteiger partial charge in [0.25, 0.3) is 0 Å². The molecule has 0 saturated heterocycles. The second kappa shape index (κ2) is 5.74. The fourth-order valence-electron chi connectivity index (χ4n) is 1.73. The van der Waals surface area contributed by atoms with E-state index in [2.05, 4.69) is 13.0 Å². The third-order valence-electron chi connectivity index (χ3n) is 3.19. The highest BCUT2D eigenvalue weighted by Gasteiger charge is 2.22. The minimum atomic E-state index is 0.212. The monoisotopic (exact) mass is 253 g/mol. The van der Waals surface area contributed by atoms with Gasteiger partial charge in [-0.25, -0.2) is 0 Å². The average molecular weight is 254 g/mol. The van der Waals surface area contributed by atoms with Gasteiger partial charge in [-0.3, -0.25) is 0 Å². The van der Waals surface area contributed by atoms with Gasteiger partial charge in [-0.05, 0) is 49.3 Å².